The number of carbonyl (C=O) groups is 1. The SMILES string of the molecule is CCC(CNCc1cccc(C(F)F)c1)NC(=O)OC(C)(C)C. The van der Waals surface area contributed by atoms with Gasteiger partial charge < -0.3 is 15.4 Å². The summed E-state index contributed by atoms with van der Waals surface area (Å²) in [6.45, 7) is 8.38. The maximum atomic E-state index is 12.6. The minimum absolute atomic E-state index is 0.0169. The first-order valence-corrected chi connectivity index (χ1v) is 7.78. The third kappa shape index (κ3) is 7.93. The molecule has 0 heterocycles. The molecular weight excluding hydrogens is 302 g/mol. The van der Waals surface area contributed by atoms with Gasteiger partial charge in [0.15, 0.2) is 0 Å². The summed E-state index contributed by atoms with van der Waals surface area (Å²) in [6.07, 6.45) is -2.18. The lowest BCUT2D eigenvalue weighted by Crippen LogP contribution is -2.43. The third-order valence-electron chi connectivity index (χ3n) is 3.14. The number of alkyl carbamates (subject to hydrolysis) is 1. The monoisotopic (exact) mass is 328 g/mol. The van der Waals surface area contributed by atoms with E-state index in [9.17, 15) is 13.6 Å². The standard InChI is InChI=1S/C17H26F2N2O2/c1-5-14(21-16(22)23-17(2,3)4)11-20-10-12-7-6-8-13(9-12)15(18)19/h6-9,14-15,20H,5,10-11H2,1-4H3,(H,21,22). The number of amides is 1. The summed E-state index contributed by atoms with van der Waals surface area (Å²) < 4.78 is 30.5. The van der Waals surface area contributed by atoms with Crippen molar-refractivity contribution in [3.63, 3.8) is 0 Å². The molecule has 1 aromatic carbocycles. The molecule has 0 spiro atoms. The molecule has 0 fully saturated rings. The molecule has 0 bridgehead atoms. The van der Waals surface area contributed by atoms with E-state index >= 15 is 0 Å². The number of alkyl halides is 2. The first kappa shape index (κ1) is 19.4. The van der Waals surface area contributed by atoms with Crippen LogP contribution in [-0.4, -0.2) is 24.3 Å². The number of carbonyl (C=O) groups excluding carboxylic acids is 1. The summed E-state index contributed by atoms with van der Waals surface area (Å²) in [5.41, 5.74) is 0.268. The van der Waals surface area contributed by atoms with E-state index in [-0.39, 0.29) is 11.6 Å². The van der Waals surface area contributed by atoms with E-state index in [0.29, 0.717) is 13.1 Å². The second kappa shape index (κ2) is 8.82. The highest BCUT2D eigenvalue weighted by atomic mass is 19.3. The van der Waals surface area contributed by atoms with Gasteiger partial charge in [0.05, 0.1) is 0 Å². The lowest BCUT2D eigenvalue weighted by Gasteiger charge is -2.23. The maximum absolute atomic E-state index is 12.6. The third-order valence-corrected chi connectivity index (χ3v) is 3.14. The van der Waals surface area contributed by atoms with Crippen molar-refractivity contribution >= 4 is 6.09 Å². The second-order valence-electron chi connectivity index (χ2n) is 6.43. The highest BCUT2D eigenvalue weighted by Crippen LogP contribution is 2.19. The molecule has 0 aliphatic carbocycles. The Morgan fingerprint density at radius 1 is 1.30 bits per heavy atom. The summed E-state index contributed by atoms with van der Waals surface area (Å²) in [7, 11) is 0. The van der Waals surface area contributed by atoms with Crippen LogP contribution in [0.2, 0.25) is 0 Å². The van der Waals surface area contributed by atoms with E-state index in [1.165, 1.54) is 12.1 Å². The fourth-order valence-corrected chi connectivity index (χ4v) is 2.00. The smallest absolute Gasteiger partial charge is 0.407 e. The van der Waals surface area contributed by atoms with Gasteiger partial charge in [-0.3, -0.25) is 0 Å². The average molecular weight is 328 g/mol. The fourth-order valence-electron chi connectivity index (χ4n) is 2.00. The summed E-state index contributed by atoms with van der Waals surface area (Å²) >= 11 is 0. The minimum atomic E-state index is -2.47. The van der Waals surface area contributed by atoms with Crippen molar-refractivity contribution in [1.29, 1.82) is 0 Å². The molecule has 23 heavy (non-hydrogen) atoms. The zero-order chi connectivity index (χ0) is 17.5. The van der Waals surface area contributed by atoms with Gasteiger partial charge in [-0.25, -0.2) is 13.6 Å². The van der Waals surface area contributed by atoms with Crippen LogP contribution in [0, 0.1) is 0 Å². The van der Waals surface area contributed by atoms with E-state index in [2.05, 4.69) is 10.6 Å². The number of hydrogen-bond donors (Lipinski definition) is 2. The maximum Gasteiger partial charge on any atom is 0.407 e. The molecule has 4 nitrogen and oxygen atoms in total. The Balaban J connectivity index is 2.43. The Morgan fingerprint density at radius 3 is 2.57 bits per heavy atom. The van der Waals surface area contributed by atoms with E-state index in [0.717, 1.165) is 12.0 Å². The molecule has 1 unspecified atom stereocenters. The van der Waals surface area contributed by atoms with Gasteiger partial charge in [0.1, 0.15) is 5.60 Å². The van der Waals surface area contributed by atoms with Gasteiger partial charge in [-0.15, -0.1) is 0 Å². The molecule has 130 valence electrons. The van der Waals surface area contributed by atoms with E-state index in [4.69, 9.17) is 4.74 Å². The molecular formula is C17H26F2N2O2. The van der Waals surface area contributed by atoms with Crippen LogP contribution < -0.4 is 10.6 Å². The predicted molar refractivity (Wildman–Crippen MR) is 86.6 cm³/mol. The molecule has 1 amide bonds. The average Bonchev–Trinajstić information content (AvgIpc) is 2.44. The van der Waals surface area contributed by atoms with E-state index < -0.39 is 18.1 Å². The van der Waals surface area contributed by atoms with Gasteiger partial charge >= 0.3 is 6.09 Å². The molecule has 0 radical (unpaired) electrons. The van der Waals surface area contributed by atoms with Gasteiger partial charge in [0, 0.05) is 24.7 Å². The summed E-state index contributed by atoms with van der Waals surface area (Å²) in [5.74, 6) is 0. The normalized spacial score (nSPS) is 13.0. The zero-order valence-corrected chi connectivity index (χ0v) is 14.2. The Hall–Kier alpha value is -1.69. The molecule has 0 saturated heterocycles. The lowest BCUT2D eigenvalue weighted by molar-refractivity contribution is 0.0502. The van der Waals surface area contributed by atoms with Crippen LogP contribution in [0.4, 0.5) is 13.6 Å². The quantitative estimate of drug-likeness (QED) is 0.795. The second-order valence-corrected chi connectivity index (χ2v) is 6.43. The van der Waals surface area contributed by atoms with Crippen LogP contribution in [-0.2, 0) is 11.3 Å². The van der Waals surface area contributed by atoms with Crippen molar-refractivity contribution in [2.75, 3.05) is 6.54 Å². The number of rotatable bonds is 7. The van der Waals surface area contributed by atoms with Crippen LogP contribution in [0.5, 0.6) is 0 Å². The topological polar surface area (TPSA) is 50.4 Å². The largest absolute Gasteiger partial charge is 0.444 e. The Bertz CT molecular complexity index is 502. The number of nitrogens with one attached hydrogen (secondary N) is 2. The van der Waals surface area contributed by atoms with Crippen molar-refractivity contribution in [3.8, 4) is 0 Å². The molecule has 6 heteroatoms. The van der Waals surface area contributed by atoms with Crippen LogP contribution in [0.15, 0.2) is 24.3 Å². The molecule has 0 aliphatic rings. The highest BCUT2D eigenvalue weighted by Gasteiger charge is 2.18. The van der Waals surface area contributed by atoms with Crippen LogP contribution in [0.1, 0.15) is 51.7 Å². The number of benzene rings is 1. The predicted octanol–water partition coefficient (Wildman–Crippen LogP) is 4.02. The van der Waals surface area contributed by atoms with Gasteiger partial charge in [0.25, 0.3) is 6.43 Å². The molecule has 0 saturated carbocycles. The fraction of sp³-hybridized carbons (Fsp3) is 0.588. The van der Waals surface area contributed by atoms with Gasteiger partial charge in [-0.1, -0.05) is 25.1 Å². The van der Waals surface area contributed by atoms with Crippen molar-refractivity contribution in [2.24, 2.45) is 0 Å². The van der Waals surface area contributed by atoms with Crippen LogP contribution >= 0.6 is 0 Å². The number of halogens is 2. The zero-order valence-electron chi connectivity index (χ0n) is 14.2. The highest BCUT2D eigenvalue weighted by molar-refractivity contribution is 5.68. The summed E-state index contributed by atoms with van der Waals surface area (Å²) in [4.78, 5) is 11.7. The van der Waals surface area contributed by atoms with E-state index in [1.807, 2.05) is 27.7 Å². The Kier molecular flexibility index (Phi) is 7.42. The minimum Gasteiger partial charge on any atom is -0.444 e. The van der Waals surface area contributed by atoms with Crippen LogP contribution in [0.25, 0.3) is 0 Å². The van der Waals surface area contributed by atoms with Gasteiger partial charge in [-0.2, -0.15) is 0 Å². The van der Waals surface area contributed by atoms with Crippen LogP contribution in [0.3, 0.4) is 0 Å². The lowest BCUT2D eigenvalue weighted by atomic mass is 10.1. The van der Waals surface area contributed by atoms with Crippen molar-refractivity contribution in [3.05, 3.63) is 35.4 Å². The number of hydrogen-bond acceptors (Lipinski definition) is 3. The van der Waals surface area contributed by atoms with Crippen molar-refractivity contribution in [2.45, 2.75) is 58.7 Å². The first-order valence-electron chi connectivity index (χ1n) is 7.78. The molecule has 2 N–H and O–H groups in total. The molecule has 1 aromatic rings. The Morgan fingerprint density at radius 2 is 2.00 bits per heavy atom. The summed E-state index contributed by atoms with van der Waals surface area (Å²) in [5, 5.41) is 5.97. The molecule has 1 rings (SSSR count). The summed E-state index contributed by atoms with van der Waals surface area (Å²) in [6, 6.07) is 6.23. The molecule has 1 atom stereocenters. The van der Waals surface area contributed by atoms with E-state index in [1.54, 1.807) is 12.1 Å². The van der Waals surface area contributed by atoms with Gasteiger partial charge in [-0.05, 0) is 38.8 Å². The Labute approximate surface area is 136 Å². The number of ether oxygens (including phenoxy) is 1. The van der Waals surface area contributed by atoms with Crippen molar-refractivity contribution in [1.82, 2.24) is 10.6 Å². The first-order chi connectivity index (χ1) is 10.7. The molecule has 0 aliphatic heterocycles. The molecule has 0 aromatic heterocycles. The van der Waals surface area contributed by atoms with Gasteiger partial charge in [0.2, 0.25) is 0 Å². The van der Waals surface area contributed by atoms with Crippen molar-refractivity contribution < 1.29 is 18.3 Å².